The topological polar surface area (TPSA) is 87.2 Å². The van der Waals surface area contributed by atoms with Crippen molar-refractivity contribution in [1.82, 2.24) is 9.55 Å². The van der Waals surface area contributed by atoms with Crippen LogP contribution in [0.25, 0.3) is 11.4 Å². The summed E-state index contributed by atoms with van der Waals surface area (Å²) >= 11 is 3.11. The molecular formula is C22H25N3O3S2. The standard InChI is InChI=1S/C22H25N3O3S2/c1-14-6-4-5-7-16(14)11-25-15(2)17(22(23)27)10-19(25)18-12-30-20(24-18)8-9-29-13-21(26)28-3/h4-7,10,12H,8-9,11,13H2,1-3H3,(H2,23,27). The third-order valence-electron chi connectivity index (χ3n) is 4.94. The predicted octanol–water partition coefficient (Wildman–Crippen LogP) is 3.82. The monoisotopic (exact) mass is 443 g/mol. The molecule has 2 aromatic heterocycles. The van der Waals surface area contributed by atoms with Crippen LogP contribution in [0.3, 0.4) is 0 Å². The highest BCUT2D eigenvalue weighted by Crippen LogP contribution is 2.29. The Morgan fingerprint density at radius 2 is 2.03 bits per heavy atom. The number of carbonyl (C=O) groups is 2. The fourth-order valence-electron chi connectivity index (χ4n) is 3.19. The van der Waals surface area contributed by atoms with Gasteiger partial charge >= 0.3 is 5.97 Å². The highest BCUT2D eigenvalue weighted by molar-refractivity contribution is 7.99. The van der Waals surface area contributed by atoms with Crippen LogP contribution in [0.15, 0.2) is 35.7 Å². The lowest BCUT2D eigenvalue weighted by molar-refractivity contribution is -0.137. The number of rotatable bonds is 9. The molecule has 0 aliphatic carbocycles. The smallest absolute Gasteiger partial charge is 0.315 e. The van der Waals surface area contributed by atoms with Crippen molar-refractivity contribution in [3.05, 3.63) is 63.1 Å². The van der Waals surface area contributed by atoms with Crippen molar-refractivity contribution in [2.24, 2.45) is 5.73 Å². The number of hydrogen-bond donors (Lipinski definition) is 1. The second-order valence-corrected chi connectivity index (χ2v) is 8.96. The number of thioether (sulfide) groups is 1. The quantitative estimate of drug-likeness (QED) is 0.401. The third kappa shape index (κ3) is 5.12. The second-order valence-electron chi connectivity index (χ2n) is 6.91. The van der Waals surface area contributed by atoms with Gasteiger partial charge in [0.05, 0.1) is 34.8 Å². The number of methoxy groups -OCH3 is 1. The third-order valence-corrected chi connectivity index (χ3v) is 6.78. The van der Waals surface area contributed by atoms with E-state index in [1.54, 1.807) is 11.3 Å². The maximum Gasteiger partial charge on any atom is 0.315 e. The molecule has 0 spiro atoms. The number of ether oxygens (including phenoxy) is 1. The van der Waals surface area contributed by atoms with Crippen molar-refractivity contribution >= 4 is 35.0 Å². The molecule has 0 bridgehead atoms. The molecular weight excluding hydrogens is 418 g/mol. The summed E-state index contributed by atoms with van der Waals surface area (Å²) in [6.45, 7) is 4.64. The molecule has 0 atom stereocenters. The Morgan fingerprint density at radius 1 is 1.27 bits per heavy atom. The molecule has 0 aliphatic rings. The summed E-state index contributed by atoms with van der Waals surface area (Å²) in [5.74, 6) is 0.475. The van der Waals surface area contributed by atoms with Gasteiger partial charge < -0.3 is 15.0 Å². The van der Waals surface area contributed by atoms with Crippen molar-refractivity contribution in [2.45, 2.75) is 26.8 Å². The first-order chi connectivity index (χ1) is 14.4. The number of aryl methyl sites for hydroxylation is 2. The largest absolute Gasteiger partial charge is 0.468 e. The van der Waals surface area contributed by atoms with Crippen molar-refractivity contribution in [1.29, 1.82) is 0 Å². The highest BCUT2D eigenvalue weighted by atomic mass is 32.2. The summed E-state index contributed by atoms with van der Waals surface area (Å²) in [5, 5.41) is 3.00. The summed E-state index contributed by atoms with van der Waals surface area (Å²) in [6, 6.07) is 10.0. The lowest BCUT2D eigenvalue weighted by Crippen LogP contribution is -2.13. The molecule has 1 aromatic carbocycles. The van der Waals surface area contributed by atoms with E-state index in [1.165, 1.54) is 30.0 Å². The van der Waals surface area contributed by atoms with Gasteiger partial charge in [0.1, 0.15) is 0 Å². The van der Waals surface area contributed by atoms with Crippen LogP contribution in [0, 0.1) is 13.8 Å². The molecule has 158 valence electrons. The molecule has 2 heterocycles. The van der Waals surface area contributed by atoms with E-state index in [9.17, 15) is 9.59 Å². The minimum absolute atomic E-state index is 0.219. The SMILES string of the molecule is COC(=O)CSCCc1nc(-c2cc(C(N)=O)c(C)n2Cc2ccccc2C)cs1. The highest BCUT2D eigenvalue weighted by Gasteiger charge is 2.19. The molecule has 0 unspecified atom stereocenters. The predicted molar refractivity (Wildman–Crippen MR) is 122 cm³/mol. The first kappa shape index (κ1) is 22.1. The molecule has 0 saturated carbocycles. The van der Waals surface area contributed by atoms with Crippen LogP contribution >= 0.6 is 23.1 Å². The van der Waals surface area contributed by atoms with Gasteiger partial charge in [-0.3, -0.25) is 9.59 Å². The summed E-state index contributed by atoms with van der Waals surface area (Å²) in [7, 11) is 1.39. The fraction of sp³-hybridized carbons (Fsp3) is 0.318. The Labute approximate surface area is 184 Å². The van der Waals surface area contributed by atoms with Gasteiger partial charge in [0.25, 0.3) is 5.91 Å². The average Bonchev–Trinajstić information content (AvgIpc) is 3.31. The van der Waals surface area contributed by atoms with Gasteiger partial charge in [-0.1, -0.05) is 24.3 Å². The van der Waals surface area contributed by atoms with Crippen molar-refractivity contribution in [3.8, 4) is 11.4 Å². The van der Waals surface area contributed by atoms with Crippen molar-refractivity contribution in [2.75, 3.05) is 18.6 Å². The zero-order chi connectivity index (χ0) is 21.7. The number of amides is 1. The van der Waals surface area contributed by atoms with Crippen LogP contribution in [-0.4, -0.2) is 40.0 Å². The van der Waals surface area contributed by atoms with Gasteiger partial charge in [0.2, 0.25) is 0 Å². The molecule has 0 fully saturated rings. The van der Waals surface area contributed by atoms with E-state index in [0.717, 1.165) is 34.3 Å². The van der Waals surface area contributed by atoms with Crippen molar-refractivity contribution < 1.29 is 14.3 Å². The van der Waals surface area contributed by atoms with E-state index in [-0.39, 0.29) is 5.97 Å². The molecule has 1 amide bonds. The van der Waals surface area contributed by atoms with Gasteiger partial charge in [-0.05, 0) is 31.0 Å². The van der Waals surface area contributed by atoms with E-state index < -0.39 is 5.91 Å². The minimum atomic E-state index is -0.438. The number of nitrogens with zero attached hydrogens (tertiary/aromatic N) is 2. The van der Waals surface area contributed by atoms with Crippen LogP contribution < -0.4 is 5.73 Å². The zero-order valence-electron chi connectivity index (χ0n) is 17.3. The lowest BCUT2D eigenvalue weighted by atomic mass is 10.1. The number of hydrogen-bond acceptors (Lipinski definition) is 6. The molecule has 3 rings (SSSR count). The normalized spacial score (nSPS) is 10.9. The van der Waals surface area contributed by atoms with Crippen LogP contribution in [0.5, 0.6) is 0 Å². The van der Waals surface area contributed by atoms with Crippen molar-refractivity contribution in [3.63, 3.8) is 0 Å². The summed E-state index contributed by atoms with van der Waals surface area (Å²) in [4.78, 5) is 27.9. The first-order valence-corrected chi connectivity index (χ1v) is 11.6. The van der Waals surface area contributed by atoms with Gasteiger partial charge in [-0.25, -0.2) is 4.98 Å². The summed E-state index contributed by atoms with van der Waals surface area (Å²) in [6.07, 6.45) is 0.770. The van der Waals surface area contributed by atoms with Crippen LogP contribution in [-0.2, 0) is 22.5 Å². The lowest BCUT2D eigenvalue weighted by Gasteiger charge is -2.13. The van der Waals surface area contributed by atoms with Crippen LogP contribution in [0.2, 0.25) is 0 Å². The Hall–Kier alpha value is -2.58. The van der Waals surface area contributed by atoms with E-state index in [4.69, 9.17) is 10.7 Å². The fourth-order valence-corrected chi connectivity index (χ4v) is 4.87. The molecule has 3 aromatic rings. The van der Waals surface area contributed by atoms with E-state index >= 15 is 0 Å². The number of aromatic nitrogens is 2. The molecule has 6 nitrogen and oxygen atoms in total. The molecule has 0 aliphatic heterocycles. The molecule has 8 heteroatoms. The Balaban J connectivity index is 1.84. The first-order valence-electron chi connectivity index (χ1n) is 9.54. The molecule has 0 saturated heterocycles. The van der Waals surface area contributed by atoms with Crippen LogP contribution in [0.1, 0.15) is 32.2 Å². The van der Waals surface area contributed by atoms with E-state index in [1.807, 2.05) is 30.5 Å². The number of thiazole rings is 1. The van der Waals surface area contributed by atoms with Gasteiger partial charge in [-0.15, -0.1) is 23.1 Å². The molecule has 0 radical (unpaired) electrons. The maximum atomic E-state index is 11.9. The number of primary amides is 1. The van der Waals surface area contributed by atoms with Gasteiger partial charge in [0.15, 0.2) is 0 Å². The number of carbonyl (C=O) groups excluding carboxylic acids is 2. The van der Waals surface area contributed by atoms with Crippen LogP contribution in [0.4, 0.5) is 0 Å². The summed E-state index contributed by atoms with van der Waals surface area (Å²) < 4.78 is 6.76. The Kier molecular flexibility index (Phi) is 7.33. The van der Waals surface area contributed by atoms with E-state index in [2.05, 4.69) is 28.4 Å². The average molecular weight is 444 g/mol. The minimum Gasteiger partial charge on any atom is -0.468 e. The number of nitrogens with two attached hydrogens (primary N) is 1. The second kappa shape index (κ2) is 9.95. The number of benzene rings is 1. The Bertz CT molecular complexity index is 1060. The maximum absolute atomic E-state index is 11.9. The number of esters is 1. The van der Waals surface area contributed by atoms with E-state index in [0.29, 0.717) is 17.9 Å². The molecule has 30 heavy (non-hydrogen) atoms. The van der Waals surface area contributed by atoms with Gasteiger partial charge in [0, 0.05) is 29.8 Å². The molecule has 2 N–H and O–H groups in total. The Morgan fingerprint density at radius 3 is 2.73 bits per heavy atom. The summed E-state index contributed by atoms with van der Waals surface area (Å²) in [5.41, 5.74) is 11.1. The van der Waals surface area contributed by atoms with Gasteiger partial charge in [-0.2, -0.15) is 0 Å². The zero-order valence-corrected chi connectivity index (χ0v) is 18.9.